The summed E-state index contributed by atoms with van der Waals surface area (Å²) >= 11 is 0. The molecule has 0 aliphatic carbocycles. The summed E-state index contributed by atoms with van der Waals surface area (Å²) in [5, 5.41) is 3.15. The number of anilines is 1. The SMILES string of the molecule is CN(C)c1ccc(C2c3cccn3-c3ccccc3CN2C(=O)NCc2ccccc2)cc1. The van der Waals surface area contributed by atoms with E-state index in [-0.39, 0.29) is 12.1 Å². The van der Waals surface area contributed by atoms with E-state index in [1.54, 1.807) is 0 Å². The molecule has 0 radical (unpaired) electrons. The molecule has 3 aromatic carbocycles. The fourth-order valence-corrected chi connectivity index (χ4v) is 4.52. The van der Waals surface area contributed by atoms with Crippen LogP contribution in [0.1, 0.15) is 28.4 Å². The summed E-state index contributed by atoms with van der Waals surface area (Å²) < 4.78 is 2.21. The minimum absolute atomic E-state index is 0.0787. The molecule has 33 heavy (non-hydrogen) atoms. The van der Waals surface area contributed by atoms with Crippen LogP contribution in [0.3, 0.4) is 0 Å². The molecule has 1 aliphatic rings. The van der Waals surface area contributed by atoms with E-state index in [0.29, 0.717) is 13.1 Å². The first-order chi connectivity index (χ1) is 16.1. The number of carbonyl (C=O) groups excluding carboxylic acids is 1. The summed E-state index contributed by atoms with van der Waals surface area (Å²) in [4.78, 5) is 17.7. The lowest BCUT2D eigenvalue weighted by Crippen LogP contribution is -2.41. The number of hydrogen-bond acceptors (Lipinski definition) is 2. The molecule has 2 heterocycles. The summed E-state index contributed by atoms with van der Waals surface area (Å²) in [5.41, 5.74) is 6.61. The first-order valence-electron chi connectivity index (χ1n) is 11.2. The summed E-state index contributed by atoms with van der Waals surface area (Å²) in [5.74, 6) is 0. The third kappa shape index (κ3) is 4.10. The van der Waals surface area contributed by atoms with E-state index in [1.807, 2.05) is 55.4 Å². The third-order valence-corrected chi connectivity index (χ3v) is 6.24. The number of amides is 2. The molecule has 4 aromatic rings. The van der Waals surface area contributed by atoms with E-state index in [1.165, 1.54) is 0 Å². The van der Waals surface area contributed by atoms with E-state index in [2.05, 4.69) is 75.6 Å². The molecule has 0 bridgehead atoms. The second-order valence-corrected chi connectivity index (χ2v) is 8.59. The van der Waals surface area contributed by atoms with Crippen molar-refractivity contribution in [2.75, 3.05) is 19.0 Å². The molecule has 5 nitrogen and oxygen atoms in total. The van der Waals surface area contributed by atoms with E-state index in [0.717, 1.165) is 33.8 Å². The Bertz CT molecular complexity index is 1240. The topological polar surface area (TPSA) is 40.5 Å². The summed E-state index contributed by atoms with van der Waals surface area (Å²) in [7, 11) is 4.07. The molecule has 0 spiro atoms. The highest BCUT2D eigenvalue weighted by Crippen LogP contribution is 2.37. The van der Waals surface area contributed by atoms with Gasteiger partial charge in [-0.15, -0.1) is 0 Å². The number of benzene rings is 3. The average Bonchev–Trinajstić information content (AvgIpc) is 3.27. The fraction of sp³-hybridized carbons (Fsp3) is 0.179. The molecule has 1 unspecified atom stereocenters. The van der Waals surface area contributed by atoms with Crippen LogP contribution in [0, 0.1) is 0 Å². The Hall–Kier alpha value is -3.99. The van der Waals surface area contributed by atoms with Crippen LogP contribution >= 0.6 is 0 Å². The zero-order chi connectivity index (χ0) is 22.8. The van der Waals surface area contributed by atoms with Crippen molar-refractivity contribution in [2.45, 2.75) is 19.1 Å². The molecule has 0 fully saturated rings. The molecule has 5 heteroatoms. The van der Waals surface area contributed by atoms with Crippen molar-refractivity contribution in [3.8, 4) is 5.69 Å². The Balaban J connectivity index is 1.56. The molecule has 1 aliphatic heterocycles. The van der Waals surface area contributed by atoms with E-state index in [9.17, 15) is 4.79 Å². The fourth-order valence-electron chi connectivity index (χ4n) is 4.52. The molecule has 1 aromatic heterocycles. The lowest BCUT2D eigenvalue weighted by molar-refractivity contribution is 0.180. The molecular formula is C28H28N4O. The van der Waals surface area contributed by atoms with Crippen molar-refractivity contribution in [3.05, 3.63) is 120 Å². The van der Waals surface area contributed by atoms with Gasteiger partial charge in [0, 0.05) is 38.2 Å². The van der Waals surface area contributed by atoms with Gasteiger partial charge in [0.05, 0.1) is 18.3 Å². The van der Waals surface area contributed by atoms with Gasteiger partial charge in [0.25, 0.3) is 0 Å². The quantitative estimate of drug-likeness (QED) is 0.468. The van der Waals surface area contributed by atoms with Gasteiger partial charge in [0.15, 0.2) is 0 Å². The van der Waals surface area contributed by atoms with Gasteiger partial charge in [-0.1, -0.05) is 60.7 Å². The van der Waals surface area contributed by atoms with Gasteiger partial charge in [-0.25, -0.2) is 4.79 Å². The normalized spacial score (nSPS) is 14.7. The van der Waals surface area contributed by atoms with Crippen molar-refractivity contribution in [3.63, 3.8) is 0 Å². The van der Waals surface area contributed by atoms with Crippen LogP contribution in [0.25, 0.3) is 5.69 Å². The molecule has 5 rings (SSSR count). The maximum absolute atomic E-state index is 13.6. The Morgan fingerprint density at radius 2 is 1.64 bits per heavy atom. The highest BCUT2D eigenvalue weighted by molar-refractivity contribution is 5.76. The first kappa shape index (κ1) is 20.9. The molecule has 2 amide bonds. The maximum Gasteiger partial charge on any atom is 0.318 e. The molecule has 1 atom stereocenters. The lowest BCUT2D eigenvalue weighted by Gasteiger charge is -2.31. The Kier molecular flexibility index (Phi) is 5.61. The number of carbonyl (C=O) groups is 1. The van der Waals surface area contributed by atoms with Crippen LogP contribution in [0.5, 0.6) is 0 Å². The van der Waals surface area contributed by atoms with Crippen LogP contribution in [0.4, 0.5) is 10.5 Å². The van der Waals surface area contributed by atoms with Crippen molar-refractivity contribution >= 4 is 11.7 Å². The lowest BCUT2D eigenvalue weighted by atomic mass is 10.0. The molecule has 0 saturated carbocycles. The van der Waals surface area contributed by atoms with Crippen LogP contribution < -0.4 is 10.2 Å². The van der Waals surface area contributed by atoms with Crippen LogP contribution in [-0.2, 0) is 13.1 Å². The Morgan fingerprint density at radius 3 is 2.39 bits per heavy atom. The molecule has 1 N–H and O–H groups in total. The van der Waals surface area contributed by atoms with Crippen molar-refractivity contribution in [1.29, 1.82) is 0 Å². The maximum atomic E-state index is 13.6. The second kappa shape index (κ2) is 8.87. The zero-order valence-corrected chi connectivity index (χ0v) is 19.0. The molecule has 166 valence electrons. The second-order valence-electron chi connectivity index (χ2n) is 8.59. The molecule has 0 saturated heterocycles. The van der Waals surface area contributed by atoms with Gasteiger partial charge < -0.3 is 19.7 Å². The largest absolute Gasteiger partial charge is 0.378 e. The van der Waals surface area contributed by atoms with Gasteiger partial charge in [-0.05, 0) is 47.0 Å². The van der Waals surface area contributed by atoms with Crippen LogP contribution in [0.15, 0.2) is 97.2 Å². The van der Waals surface area contributed by atoms with Crippen LogP contribution in [-0.4, -0.2) is 29.6 Å². The summed E-state index contributed by atoms with van der Waals surface area (Å²) in [6.45, 7) is 1.02. The van der Waals surface area contributed by atoms with Crippen molar-refractivity contribution in [2.24, 2.45) is 0 Å². The van der Waals surface area contributed by atoms with E-state index < -0.39 is 0 Å². The van der Waals surface area contributed by atoms with E-state index in [4.69, 9.17) is 0 Å². The monoisotopic (exact) mass is 436 g/mol. The molecular weight excluding hydrogens is 408 g/mol. The zero-order valence-electron chi connectivity index (χ0n) is 19.0. The van der Waals surface area contributed by atoms with Gasteiger partial charge in [0.2, 0.25) is 0 Å². The number of fused-ring (bicyclic) bond motifs is 3. The predicted molar refractivity (Wildman–Crippen MR) is 133 cm³/mol. The summed E-state index contributed by atoms with van der Waals surface area (Å²) in [6, 6.07) is 30.7. The predicted octanol–water partition coefficient (Wildman–Crippen LogP) is 5.36. The smallest absolute Gasteiger partial charge is 0.318 e. The Labute approximate surface area is 194 Å². The Morgan fingerprint density at radius 1 is 0.909 bits per heavy atom. The number of nitrogens with one attached hydrogen (secondary N) is 1. The van der Waals surface area contributed by atoms with Gasteiger partial charge in [0.1, 0.15) is 0 Å². The standard InChI is InChI=1S/C28H28N4O/c1-30(2)24-16-14-22(15-17-24)27-26-13-8-18-31(26)25-12-7-6-11-23(25)20-32(27)28(33)29-19-21-9-4-3-5-10-21/h3-18,27H,19-20H2,1-2H3,(H,29,33). The number of hydrogen-bond donors (Lipinski definition) is 1. The summed E-state index contributed by atoms with van der Waals surface area (Å²) in [6.07, 6.45) is 2.08. The van der Waals surface area contributed by atoms with Crippen molar-refractivity contribution in [1.82, 2.24) is 14.8 Å². The number of para-hydroxylation sites is 1. The minimum atomic E-state index is -0.209. The van der Waals surface area contributed by atoms with Gasteiger partial charge in [-0.2, -0.15) is 0 Å². The van der Waals surface area contributed by atoms with E-state index >= 15 is 0 Å². The number of rotatable bonds is 4. The highest BCUT2D eigenvalue weighted by Gasteiger charge is 2.32. The average molecular weight is 437 g/mol. The van der Waals surface area contributed by atoms with Crippen molar-refractivity contribution < 1.29 is 4.79 Å². The minimum Gasteiger partial charge on any atom is -0.378 e. The van der Waals surface area contributed by atoms with Gasteiger partial charge in [-0.3, -0.25) is 0 Å². The van der Waals surface area contributed by atoms with Crippen LogP contribution in [0.2, 0.25) is 0 Å². The highest BCUT2D eigenvalue weighted by atomic mass is 16.2. The number of urea groups is 1. The third-order valence-electron chi connectivity index (χ3n) is 6.24. The first-order valence-corrected chi connectivity index (χ1v) is 11.2. The van der Waals surface area contributed by atoms with Gasteiger partial charge >= 0.3 is 6.03 Å². The number of aromatic nitrogens is 1. The number of nitrogens with zero attached hydrogens (tertiary/aromatic N) is 3.